The fourth-order valence-corrected chi connectivity index (χ4v) is 4.54. The number of hydrogen-bond donors (Lipinski definition) is 3. The molecule has 0 atom stereocenters. The molecule has 0 aliphatic rings. The maximum atomic E-state index is 11.1. The van der Waals surface area contributed by atoms with Crippen molar-refractivity contribution in [1.29, 1.82) is 0 Å². The first kappa shape index (κ1) is 31.3. The van der Waals surface area contributed by atoms with Crippen LogP contribution < -0.4 is 0 Å². The molecule has 3 N–H and O–H groups in total. The van der Waals surface area contributed by atoms with Crippen LogP contribution in [-0.4, -0.2) is 15.3 Å². The highest BCUT2D eigenvalue weighted by atomic mass is 16.3. The Bertz CT molecular complexity index is 1080. The van der Waals surface area contributed by atoms with Gasteiger partial charge >= 0.3 is 0 Å². The second-order valence-corrected chi connectivity index (χ2v) is 14.6. The molecule has 0 fully saturated rings. The van der Waals surface area contributed by atoms with E-state index in [0.29, 0.717) is 17.2 Å². The van der Waals surface area contributed by atoms with E-state index in [0.717, 1.165) is 28.7 Å². The Morgan fingerprint density at radius 2 is 0.711 bits per heavy atom. The van der Waals surface area contributed by atoms with Crippen molar-refractivity contribution in [2.75, 3.05) is 0 Å². The number of aromatic hydroxyl groups is 3. The van der Waals surface area contributed by atoms with Crippen LogP contribution in [0.25, 0.3) is 0 Å². The maximum Gasteiger partial charge on any atom is 0.123 e. The van der Waals surface area contributed by atoms with Crippen molar-refractivity contribution in [3.05, 3.63) is 88.0 Å². The average molecular weight is 519 g/mol. The summed E-state index contributed by atoms with van der Waals surface area (Å²) < 4.78 is 0. The Labute approximate surface area is 231 Å². The largest absolute Gasteiger partial charge is 0.508 e. The van der Waals surface area contributed by atoms with Crippen LogP contribution in [0.5, 0.6) is 17.2 Å². The zero-order valence-corrected chi connectivity index (χ0v) is 25.7. The summed E-state index contributed by atoms with van der Waals surface area (Å²) in [7, 11) is 0. The molecule has 0 aromatic heterocycles. The third kappa shape index (κ3) is 8.03. The molecule has 0 bridgehead atoms. The minimum absolute atomic E-state index is 0.151. The predicted octanol–water partition coefficient (Wildman–Crippen LogP) is 9.27. The van der Waals surface area contributed by atoms with Crippen LogP contribution in [-0.2, 0) is 28.1 Å². The van der Waals surface area contributed by atoms with E-state index in [1.807, 2.05) is 6.07 Å². The van der Waals surface area contributed by atoms with Gasteiger partial charge in [0.2, 0.25) is 0 Å². The van der Waals surface area contributed by atoms with Crippen LogP contribution in [0.1, 0.15) is 116 Å². The highest BCUT2D eigenvalue weighted by molar-refractivity contribution is 5.53. The van der Waals surface area contributed by atoms with Crippen molar-refractivity contribution in [3.63, 3.8) is 0 Å². The number of hydrogen-bond acceptors (Lipinski definition) is 3. The molecular formula is C35H50O3. The van der Waals surface area contributed by atoms with Gasteiger partial charge in [0.1, 0.15) is 17.2 Å². The van der Waals surface area contributed by atoms with E-state index < -0.39 is 0 Å². The van der Waals surface area contributed by atoms with Crippen molar-refractivity contribution >= 4 is 0 Å². The van der Waals surface area contributed by atoms with Gasteiger partial charge in [-0.1, -0.05) is 126 Å². The van der Waals surface area contributed by atoms with Crippen LogP contribution in [0.2, 0.25) is 0 Å². The van der Waals surface area contributed by atoms with E-state index in [9.17, 15) is 10.2 Å². The summed E-state index contributed by atoms with van der Waals surface area (Å²) in [4.78, 5) is 0. The van der Waals surface area contributed by atoms with Crippen molar-refractivity contribution in [3.8, 4) is 17.2 Å². The van der Waals surface area contributed by atoms with E-state index in [4.69, 9.17) is 5.11 Å². The molecule has 3 rings (SSSR count). The van der Waals surface area contributed by atoms with Crippen molar-refractivity contribution in [2.45, 2.75) is 111 Å². The van der Waals surface area contributed by atoms with Crippen LogP contribution in [0, 0.1) is 0 Å². The lowest BCUT2D eigenvalue weighted by Gasteiger charge is -2.29. The molecule has 3 nitrogen and oxygen atoms in total. The molecule has 0 saturated carbocycles. The molecule has 0 saturated heterocycles. The van der Waals surface area contributed by atoms with Crippen LogP contribution in [0.3, 0.4) is 0 Å². The van der Waals surface area contributed by atoms with Crippen molar-refractivity contribution in [1.82, 2.24) is 0 Å². The third-order valence-corrected chi connectivity index (χ3v) is 6.74. The molecule has 0 spiro atoms. The van der Waals surface area contributed by atoms with E-state index in [1.165, 1.54) is 11.1 Å². The fourth-order valence-electron chi connectivity index (χ4n) is 4.54. The lowest BCUT2D eigenvalue weighted by molar-refractivity contribution is 0.422. The summed E-state index contributed by atoms with van der Waals surface area (Å²) in [6.45, 7) is 25.8. The van der Waals surface area contributed by atoms with Gasteiger partial charge in [-0.25, -0.2) is 0 Å². The first-order valence-electron chi connectivity index (χ1n) is 13.6. The molecule has 208 valence electrons. The Balaban J connectivity index is 0.000000624. The Morgan fingerprint density at radius 3 is 0.895 bits per heavy atom. The van der Waals surface area contributed by atoms with Gasteiger partial charge in [-0.05, 0) is 73.6 Å². The molecule has 3 aromatic rings. The number of para-hydroxylation sites is 1. The van der Waals surface area contributed by atoms with Gasteiger partial charge in [-0.15, -0.1) is 0 Å². The molecule has 3 heteroatoms. The number of phenols is 3. The number of phenolic OH excluding ortho intramolecular Hbond substituents is 3. The lowest BCUT2D eigenvalue weighted by Crippen LogP contribution is -2.19. The molecule has 0 aliphatic carbocycles. The second-order valence-electron chi connectivity index (χ2n) is 14.6. The smallest absolute Gasteiger partial charge is 0.123 e. The van der Waals surface area contributed by atoms with Gasteiger partial charge in [0, 0.05) is 0 Å². The molecule has 0 aliphatic heterocycles. The van der Waals surface area contributed by atoms with E-state index in [1.54, 1.807) is 24.3 Å². The van der Waals surface area contributed by atoms with Crippen LogP contribution >= 0.6 is 0 Å². The average Bonchev–Trinajstić information content (AvgIpc) is 2.73. The maximum absolute atomic E-state index is 11.1. The van der Waals surface area contributed by atoms with Gasteiger partial charge in [0.05, 0.1) is 0 Å². The first-order valence-corrected chi connectivity index (χ1v) is 13.6. The van der Waals surface area contributed by atoms with Gasteiger partial charge in [-0.3, -0.25) is 0 Å². The quantitative estimate of drug-likeness (QED) is 0.317. The minimum Gasteiger partial charge on any atom is -0.508 e. The minimum atomic E-state index is -0.151. The Hall–Kier alpha value is -2.94. The third-order valence-electron chi connectivity index (χ3n) is 6.74. The highest BCUT2D eigenvalue weighted by Gasteiger charge is 2.28. The zero-order valence-electron chi connectivity index (χ0n) is 25.7. The van der Waals surface area contributed by atoms with E-state index >= 15 is 0 Å². The summed E-state index contributed by atoms with van der Waals surface area (Å²) in [5.74, 6) is 1.16. The van der Waals surface area contributed by atoms with Crippen LogP contribution in [0.15, 0.2) is 54.6 Å². The second kappa shape index (κ2) is 11.0. The topological polar surface area (TPSA) is 60.7 Å². The molecule has 0 unspecified atom stereocenters. The van der Waals surface area contributed by atoms with Crippen LogP contribution in [0.4, 0.5) is 0 Å². The van der Waals surface area contributed by atoms with E-state index in [-0.39, 0.29) is 21.7 Å². The highest BCUT2D eigenvalue weighted by Crippen LogP contribution is 2.42. The summed E-state index contributed by atoms with van der Waals surface area (Å²) in [5.41, 5.74) is 5.73. The van der Waals surface area contributed by atoms with E-state index in [2.05, 4.69) is 107 Å². The molecule has 38 heavy (non-hydrogen) atoms. The summed E-state index contributed by atoms with van der Waals surface area (Å²) in [5, 5.41) is 30.7. The molecule has 0 amide bonds. The van der Waals surface area contributed by atoms with Crippen molar-refractivity contribution < 1.29 is 15.3 Å². The molecule has 0 radical (unpaired) electrons. The zero-order chi connectivity index (χ0) is 29.3. The molecule has 3 aromatic carbocycles. The van der Waals surface area contributed by atoms with Gasteiger partial charge in [0.25, 0.3) is 0 Å². The Kier molecular flexibility index (Phi) is 9.09. The van der Waals surface area contributed by atoms with Gasteiger partial charge in [-0.2, -0.15) is 0 Å². The number of benzene rings is 3. The lowest BCUT2D eigenvalue weighted by atomic mass is 9.76. The standard InChI is InChI=1S/C29H44O2.C6H6O/c1-26(2,3)20-14-18(15-21(24(20)30)27(4,5)6)13-19-16-22(28(7,8)9)25(31)23(17-19)29(10,11)12;7-6-4-2-1-3-5-6/h14-17,30-31H,13H2,1-12H3;1-5,7H. The van der Waals surface area contributed by atoms with Gasteiger partial charge < -0.3 is 15.3 Å². The predicted molar refractivity (Wildman–Crippen MR) is 162 cm³/mol. The number of rotatable bonds is 2. The summed E-state index contributed by atoms with van der Waals surface area (Å²) in [6.07, 6.45) is 0.763. The Morgan fingerprint density at radius 1 is 0.447 bits per heavy atom. The first-order chi connectivity index (χ1) is 17.1. The summed E-state index contributed by atoms with van der Waals surface area (Å²) in [6, 6.07) is 17.3. The fraction of sp³-hybridized carbons (Fsp3) is 0.486. The monoisotopic (exact) mass is 518 g/mol. The normalized spacial score (nSPS) is 12.6. The SMILES string of the molecule is CC(C)(C)c1cc(Cc2cc(C(C)(C)C)c(O)c(C(C)(C)C)c2)cc(C(C)(C)C)c1O.Oc1ccccc1. The van der Waals surface area contributed by atoms with Gasteiger partial charge in [0.15, 0.2) is 0 Å². The molecular weight excluding hydrogens is 468 g/mol. The molecule has 0 heterocycles. The summed E-state index contributed by atoms with van der Waals surface area (Å²) >= 11 is 0. The van der Waals surface area contributed by atoms with Crippen molar-refractivity contribution in [2.24, 2.45) is 0 Å².